The van der Waals surface area contributed by atoms with Crippen molar-refractivity contribution >= 4 is 12.0 Å². The zero-order valence-electron chi connectivity index (χ0n) is 13.6. The normalized spacial score (nSPS) is 11.8. The molecular weight excluding hydrogens is 258 g/mol. The van der Waals surface area contributed by atoms with Crippen LogP contribution in [-0.2, 0) is 4.79 Å². The lowest BCUT2D eigenvalue weighted by molar-refractivity contribution is -0.137. The van der Waals surface area contributed by atoms with Gasteiger partial charge in [-0.15, -0.1) is 0 Å². The summed E-state index contributed by atoms with van der Waals surface area (Å²) in [6, 6.07) is -0.223. The minimum absolute atomic E-state index is 0.0219. The number of hydrogen-bond acceptors (Lipinski definition) is 3. The summed E-state index contributed by atoms with van der Waals surface area (Å²) in [6.45, 7) is 9.59. The lowest BCUT2D eigenvalue weighted by Gasteiger charge is -2.31. The van der Waals surface area contributed by atoms with Crippen LogP contribution >= 0.6 is 0 Å². The number of carbonyl (C=O) groups is 2. The molecule has 0 saturated heterocycles. The zero-order valence-corrected chi connectivity index (χ0v) is 13.6. The Bertz CT molecular complexity index is 328. The molecule has 0 radical (unpaired) electrons. The van der Waals surface area contributed by atoms with Gasteiger partial charge >= 0.3 is 12.0 Å². The fourth-order valence-electron chi connectivity index (χ4n) is 2.14. The van der Waals surface area contributed by atoms with Gasteiger partial charge in [0, 0.05) is 25.7 Å². The van der Waals surface area contributed by atoms with Crippen LogP contribution in [0.4, 0.5) is 4.79 Å². The molecule has 0 aromatic rings. The molecular formula is C14H29N3O3. The summed E-state index contributed by atoms with van der Waals surface area (Å²) in [5, 5.41) is 11.6. The molecule has 6 nitrogen and oxygen atoms in total. The number of rotatable bonds is 8. The Morgan fingerprint density at radius 3 is 2.20 bits per heavy atom. The number of hydrogen-bond donors (Lipinski definition) is 2. The molecule has 6 heteroatoms. The van der Waals surface area contributed by atoms with Gasteiger partial charge in [-0.2, -0.15) is 0 Å². The van der Waals surface area contributed by atoms with Gasteiger partial charge in [0.2, 0.25) is 0 Å². The van der Waals surface area contributed by atoms with Crippen molar-refractivity contribution in [3.8, 4) is 0 Å². The molecule has 0 aromatic carbocycles. The van der Waals surface area contributed by atoms with E-state index in [4.69, 9.17) is 5.11 Å². The van der Waals surface area contributed by atoms with Crippen LogP contribution in [-0.4, -0.2) is 66.7 Å². The maximum Gasteiger partial charge on any atom is 0.317 e. The summed E-state index contributed by atoms with van der Waals surface area (Å²) >= 11 is 0. The molecule has 20 heavy (non-hydrogen) atoms. The van der Waals surface area contributed by atoms with E-state index in [-0.39, 0.29) is 30.5 Å². The molecule has 0 bridgehead atoms. The van der Waals surface area contributed by atoms with Crippen molar-refractivity contribution in [2.45, 2.75) is 40.2 Å². The van der Waals surface area contributed by atoms with Crippen molar-refractivity contribution < 1.29 is 14.7 Å². The second-order valence-corrected chi connectivity index (χ2v) is 6.49. The highest BCUT2D eigenvalue weighted by molar-refractivity contribution is 5.75. The average molecular weight is 287 g/mol. The fourth-order valence-corrected chi connectivity index (χ4v) is 2.14. The Balaban J connectivity index is 4.43. The fraction of sp³-hybridized carbons (Fsp3) is 0.857. The zero-order chi connectivity index (χ0) is 15.9. The summed E-state index contributed by atoms with van der Waals surface area (Å²) in [7, 11) is 3.99. The molecule has 0 aromatic heterocycles. The Labute approximate surface area is 122 Å². The third-order valence-corrected chi connectivity index (χ3v) is 2.91. The first kappa shape index (κ1) is 18.7. The van der Waals surface area contributed by atoms with Crippen LogP contribution in [0.2, 0.25) is 0 Å². The molecule has 118 valence electrons. The van der Waals surface area contributed by atoms with Crippen LogP contribution in [0.3, 0.4) is 0 Å². The Morgan fingerprint density at radius 2 is 1.80 bits per heavy atom. The van der Waals surface area contributed by atoms with Crippen molar-refractivity contribution in [1.82, 2.24) is 15.1 Å². The van der Waals surface area contributed by atoms with Crippen molar-refractivity contribution in [1.29, 1.82) is 0 Å². The molecule has 0 rings (SSSR count). The SMILES string of the molecule is CC(C)N(CCC(=O)O)C(=O)NCC(C)(C)CN(C)C. The van der Waals surface area contributed by atoms with Gasteiger partial charge in [-0.1, -0.05) is 13.8 Å². The Morgan fingerprint density at radius 1 is 1.25 bits per heavy atom. The van der Waals surface area contributed by atoms with Crippen LogP contribution in [0.15, 0.2) is 0 Å². The van der Waals surface area contributed by atoms with E-state index in [0.717, 1.165) is 6.54 Å². The van der Waals surface area contributed by atoms with E-state index in [9.17, 15) is 9.59 Å². The lowest BCUT2D eigenvalue weighted by atomic mass is 9.93. The molecule has 0 aliphatic carbocycles. The van der Waals surface area contributed by atoms with Gasteiger partial charge in [0.05, 0.1) is 6.42 Å². The molecule has 0 unspecified atom stereocenters. The van der Waals surface area contributed by atoms with Crippen molar-refractivity contribution in [3.05, 3.63) is 0 Å². The molecule has 0 aliphatic rings. The molecule has 0 aliphatic heterocycles. The van der Waals surface area contributed by atoms with E-state index in [0.29, 0.717) is 6.54 Å². The third kappa shape index (κ3) is 7.99. The number of aliphatic carboxylic acids is 1. The summed E-state index contributed by atoms with van der Waals surface area (Å²) in [4.78, 5) is 26.4. The van der Waals surface area contributed by atoms with Crippen LogP contribution in [0, 0.1) is 5.41 Å². The highest BCUT2D eigenvalue weighted by atomic mass is 16.4. The molecule has 0 spiro atoms. The number of carbonyl (C=O) groups excluding carboxylic acids is 1. The number of urea groups is 1. The van der Waals surface area contributed by atoms with E-state index in [2.05, 4.69) is 24.1 Å². The van der Waals surface area contributed by atoms with Crippen molar-refractivity contribution in [2.75, 3.05) is 33.7 Å². The minimum atomic E-state index is -0.892. The lowest BCUT2D eigenvalue weighted by Crippen LogP contribution is -2.48. The highest BCUT2D eigenvalue weighted by Crippen LogP contribution is 2.14. The minimum Gasteiger partial charge on any atom is -0.481 e. The summed E-state index contributed by atoms with van der Waals surface area (Å²) in [5.41, 5.74) is -0.0331. The van der Waals surface area contributed by atoms with Gasteiger partial charge < -0.3 is 20.2 Å². The molecule has 0 atom stereocenters. The van der Waals surface area contributed by atoms with Gasteiger partial charge in [0.25, 0.3) is 0 Å². The number of amides is 2. The first-order valence-electron chi connectivity index (χ1n) is 6.96. The summed E-state index contributed by atoms with van der Waals surface area (Å²) in [6.07, 6.45) is -0.0350. The molecule has 0 heterocycles. The monoisotopic (exact) mass is 287 g/mol. The standard InChI is InChI=1S/C14H29N3O3/c1-11(2)17(8-7-12(18)19)13(20)15-9-14(3,4)10-16(5)6/h11H,7-10H2,1-6H3,(H,15,20)(H,18,19). The van der Waals surface area contributed by atoms with Crippen LogP contribution in [0.25, 0.3) is 0 Å². The Kier molecular flexibility index (Phi) is 7.57. The predicted octanol–water partition coefficient (Wildman–Crippen LogP) is 1.47. The van der Waals surface area contributed by atoms with E-state index >= 15 is 0 Å². The average Bonchev–Trinajstić information content (AvgIpc) is 2.24. The van der Waals surface area contributed by atoms with Crippen LogP contribution in [0.5, 0.6) is 0 Å². The second kappa shape index (κ2) is 8.09. The molecule has 0 saturated carbocycles. The van der Waals surface area contributed by atoms with E-state index in [1.165, 1.54) is 0 Å². The number of nitrogens with one attached hydrogen (secondary N) is 1. The second-order valence-electron chi connectivity index (χ2n) is 6.49. The van der Waals surface area contributed by atoms with Crippen molar-refractivity contribution in [3.63, 3.8) is 0 Å². The topological polar surface area (TPSA) is 72.9 Å². The van der Waals surface area contributed by atoms with E-state index in [1.54, 1.807) is 4.90 Å². The van der Waals surface area contributed by atoms with Gasteiger partial charge in [-0.3, -0.25) is 4.79 Å². The van der Waals surface area contributed by atoms with Crippen molar-refractivity contribution in [2.24, 2.45) is 5.41 Å². The number of carboxylic acid groups (broad SMARTS) is 1. The van der Waals surface area contributed by atoms with Gasteiger partial charge in [-0.05, 0) is 33.4 Å². The van der Waals surface area contributed by atoms with Gasteiger partial charge in [0.1, 0.15) is 0 Å². The highest BCUT2D eigenvalue weighted by Gasteiger charge is 2.23. The molecule has 0 fully saturated rings. The first-order chi connectivity index (χ1) is 9.05. The van der Waals surface area contributed by atoms with E-state index < -0.39 is 5.97 Å². The smallest absolute Gasteiger partial charge is 0.317 e. The maximum absolute atomic E-state index is 12.1. The number of carboxylic acids is 1. The largest absolute Gasteiger partial charge is 0.481 e. The molecule has 2 amide bonds. The first-order valence-corrected chi connectivity index (χ1v) is 6.96. The maximum atomic E-state index is 12.1. The van der Waals surface area contributed by atoms with Gasteiger partial charge in [-0.25, -0.2) is 4.79 Å². The summed E-state index contributed by atoms with van der Waals surface area (Å²) in [5.74, 6) is -0.892. The van der Waals surface area contributed by atoms with Gasteiger partial charge in [0.15, 0.2) is 0 Å². The Hall–Kier alpha value is -1.30. The summed E-state index contributed by atoms with van der Waals surface area (Å²) < 4.78 is 0. The number of nitrogens with zero attached hydrogens (tertiary/aromatic N) is 2. The van der Waals surface area contributed by atoms with Crippen LogP contribution in [0.1, 0.15) is 34.1 Å². The van der Waals surface area contributed by atoms with E-state index in [1.807, 2.05) is 27.9 Å². The third-order valence-electron chi connectivity index (χ3n) is 2.91. The molecule has 2 N–H and O–H groups in total. The predicted molar refractivity (Wildman–Crippen MR) is 79.8 cm³/mol. The van der Waals surface area contributed by atoms with Crippen LogP contribution < -0.4 is 5.32 Å². The quantitative estimate of drug-likeness (QED) is 0.709.